The molecule has 1 aromatic carbocycles. The number of halogens is 1. The number of benzene rings is 1. The smallest absolute Gasteiger partial charge is 0.260 e. The van der Waals surface area contributed by atoms with Gasteiger partial charge in [0.1, 0.15) is 6.10 Å². The van der Waals surface area contributed by atoms with Gasteiger partial charge >= 0.3 is 0 Å². The number of hydrogen-bond acceptors (Lipinski definition) is 5. The Labute approximate surface area is 174 Å². The first-order valence-corrected chi connectivity index (χ1v) is 9.89. The van der Waals surface area contributed by atoms with E-state index in [-0.39, 0.29) is 18.6 Å². The standard InChI is InChI=1S/C21H23ClN4O3/c1-13-10-14(2)23-20-19(13)21(24-25(20)3)29-12-18(27)26-8-9-28-17(11-26)15-4-6-16(22)7-5-15/h4-7,10,17H,8-9,11-12H2,1-3H3. The van der Waals surface area contributed by atoms with Gasteiger partial charge in [-0.25, -0.2) is 9.67 Å². The second-order valence-corrected chi connectivity index (χ2v) is 7.68. The highest BCUT2D eigenvalue weighted by molar-refractivity contribution is 6.30. The van der Waals surface area contributed by atoms with Crippen molar-refractivity contribution >= 4 is 28.5 Å². The highest BCUT2D eigenvalue weighted by atomic mass is 35.5. The summed E-state index contributed by atoms with van der Waals surface area (Å²) in [4.78, 5) is 19.0. The Balaban J connectivity index is 1.45. The monoisotopic (exact) mass is 414 g/mol. The Bertz CT molecular complexity index is 1050. The Kier molecular flexibility index (Phi) is 5.43. The third-order valence-electron chi connectivity index (χ3n) is 5.08. The number of aryl methyl sites for hydroxylation is 3. The summed E-state index contributed by atoms with van der Waals surface area (Å²) in [6, 6.07) is 9.49. The Morgan fingerprint density at radius 1 is 1.31 bits per heavy atom. The van der Waals surface area contributed by atoms with Crippen LogP contribution in [-0.4, -0.2) is 51.9 Å². The van der Waals surface area contributed by atoms with Crippen LogP contribution in [0, 0.1) is 13.8 Å². The van der Waals surface area contributed by atoms with Crippen molar-refractivity contribution in [1.82, 2.24) is 19.7 Å². The molecule has 152 valence electrons. The van der Waals surface area contributed by atoms with Crippen LogP contribution in [0.3, 0.4) is 0 Å². The van der Waals surface area contributed by atoms with E-state index in [0.29, 0.717) is 30.6 Å². The van der Waals surface area contributed by atoms with Gasteiger partial charge in [-0.3, -0.25) is 4.79 Å². The molecule has 0 aliphatic carbocycles. The molecule has 0 radical (unpaired) electrons. The normalized spacial score (nSPS) is 17.0. The van der Waals surface area contributed by atoms with E-state index in [9.17, 15) is 4.79 Å². The topological polar surface area (TPSA) is 69.5 Å². The van der Waals surface area contributed by atoms with Crippen molar-refractivity contribution in [3.8, 4) is 5.88 Å². The van der Waals surface area contributed by atoms with Crippen molar-refractivity contribution in [1.29, 1.82) is 0 Å². The number of aromatic nitrogens is 3. The van der Waals surface area contributed by atoms with E-state index in [2.05, 4.69) is 10.1 Å². The number of ether oxygens (including phenoxy) is 2. The largest absolute Gasteiger partial charge is 0.466 e. The van der Waals surface area contributed by atoms with E-state index in [1.54, 1.807) is 9.58 Å². The van der Waals surface area contributed by atoms with Gasteiger partial charge < -0.3 is 14.4 Å². The number of pyridine rings is 1. The third kappa shape index (κ3) is 4.06. The van der Waals surface area contributed by atoms with E-state index < -0.39 is 0 Å². The first-order chi connectivity index (χ1) is 13.9. The summed E-state index contributed by atoms with van der Waals surface area (Å²) in [5.74, 6) is 0.340. The number of amides is 1. The summed E-state index contributed by atoms with van der Waals surface area (Å²) < 4.78 is 13.3. The van der Waals surface area contributed by atoms with Crippen molar-refractivity contribution in [3.05, 3.63) is 52.2 Å². The van der Waals surface area contributed by atoms with Crippen LogP contribution in [0.2, 0.25) is 5.02 Å². The van der Waals surface area contributed by atoms with Crippen molar-refractivity contribution in [2.45, 2.75) is 20.0 Å². The predicted molar refractivity (Wildman–Crippen MR) is 110 cm³/mol. The van der Waals surface area contributed by atoms with Gasteiger partial charge in [0, 0.05) is 24.3 Å². The lowest BCUT2D eigenvalue weighted by Crippen LogP contribution is -2.44. The number of fused-ring (bicyclic) bond motifs is 1. The van der Waals surface area contributed by atoms with Crippen molar-refractivity contribution in [2.75, 3.05) is 26.3 Å². The Morgan fingerprint density at radius 3 is 2.83 bits per heavy atom. The van der Waals surface area contributed by atoms with E-state index in [1.807, 2.05) is 51.2 Å². The second-order valence-electron chi connectivity index (χ2n) is 7.25. The molecular formula is C21H23ClN4O3. The lowest BCUT2D eigenvalue weighted by atomic mass is 10.1. The minimum atomic E-state index is -0.171. The summed E-state index contributed by atoms with van der Waals surface area (Å²) in [5, 5.41) is 5.92. The molecule has 1 aliphatic rings. The van der Waals surface area contributed by atoms with Gasteiger partial charge in [-0.1, -0.05) is 23.7 Å². The third-order valence-corrected chi connectivity index (χ3v) is 5.33. The maximum atomic E-state index is 12.8. The fourth-order valence-corrected chi connectivity index (χ4v) is 3.75. The first-order valence-electron chi connectivity index (χ1n) is 9.51. The van der Waals surface area contributed by atoms with Crippen LogP contribution in [0.5, 0.6) is 5.88 Å². The zero-order valence-corrected chi connectivity index (χ0v) is 17.4. The number of nitrogens with zero attached hydrogens (tertiary/aromatic N) is 4. The van der Waals surface area contributed by atoms with E-state index in [1.165, 1.54) is 0 Å². The minimum Gasteiger partial charge on any atom is -0.466 e. The molecule has 1 atom stereocenters. The van der Waals surface area contributed by atoms with E-state index in [4.69, 9.17) is 21.1 Å². The molecule has 1 aliphatic heterocycles. The van der Waals surface area contributed by atoms with Gasteiger partial charge in [0.25, 0.3) is 5.91 Å². The maximum Gasteiger partial charge on any atom is 0.260 e. The zero-order chi connectivity index (χ0) is 20.5. The molecule has 29 heavy (non-hydrogen) atoms. The molecule has 7 nitrogen and oxygen atoms in total. The SMILES string of the molecule is Cc1cc(C)c2c(OCC(=O)N3CCOC(c4ccc(Cl)cc4)C3)nn(C)c2n1. The quantitative estimate of drug-likeness (QED) is 0.655. The highest BCUT2D eigenvalue weighted by Gasteiger charge is 2.26. The van der Waals surface area contributed by atoms with Gasteiger partial charge in [-0.05, 0) is 43.2 Å². The van der Waals surface area contributed by atoms with E-state index >= 15 is 0 Å². The molecule has 0 spiro atoms. The van der Waals surface area contributed by atoms with Crippen LogP contribution < -0.4 is 4.74 Å². The minimum absolute atomic E-state index is 0.0766. The van der Waals surface area contributed by atoms with Crippen molar-refractivity contribution < 1.29 is 14.3 Å². The summed E-state index contributed by atoms with van der Waals surface area (Å²) in [7, 11) is 1.82. The summed E-state index contributed by atoms with van der Waals surface area (Å²) in [6.07, 6.45) is -0.171. The van der Waals surface area contributed by atoms with Crippen LogP contribution in [0.25, 0.3) is 11.0 Å². The number of morpholine rings is 1. The van der Waals surface area contributed by atoms with Crippen molar-refractivity contribution in [2.24, 2.45) is 7.05 Å². The average molecular weight is 415 g/mol. The Hall–Kier alpha value is -2.64. The van der Waals surface area contributed by atoms with Crippen LogP contribution in [0.15, 0.2) is 30.3 Å². The van der Waals surface area contributed by atoms with Gasteiger partial charge in [0.15, 0.2) is 12.3 Å². The lowest BCUT2D eigenvalue weighted by molar-refractivity contribution is -0.141. The molecule has 1 fully saturated rings. The predicted octanol–water partition coefficient (Wildman–Crippen LogP) is 3.22. The zero-order valence-electron chi connectivity index (χ0n) is 16.7. The molecule has 0 bridgehead atoms. The summed E-state index contributed by atoms with van der Waals surface area (Å²) in [6.45, 7) is 5.35. The fraction of sp³-hybridized carbons (Fsp3) is 0.381. The highest BCUT2D eigenvalue weighted by Crippen LogP contribution is 2.28. The van der Waals surface area contributed by atoms with Crippen LogP contribution in [0.4, 0.5) is 0 Å². The average Bonchev–Trinajstić information content (AvgIpc) is 3.02. The Morgan fingerprint density at radius 2 is 2.07 bits per heavy atom. The molecule has 1 amide bonds. The molecule has 0 N–H and O–H groups in total. The second kappa shape index (κ2) is 8.00. The summed E-state index contributed by atoms with van der Waals surface area (Å²) in [5.41, 5.74) is 3.69. The summed E-state index contributed by atoms with van der Waals surface area (Å²) >= 11 is 5.96. The number of rotatable bonds is 4. The van der Waals surface area contributed by atoms with Crippen molar-refractivity contribution in [3.63, 3.8) is 0 Å². The van der Waals surface area contributed by atoms with Gasteiger partial charge in [0.05, 0.1) is 18.5 Å². The number of hydrogen-bond donors (Lipinski definition) is 0. The molecule has 0 saturated carbocycles. The van der Waals surface area contributed by atoms with E-state index in [0.717, 1.165) is 27.9 Å². The van der Waals surface area contributed by atoms with Gasteiger partial charge in [0.2, 0.25) is 5.88 Å². The molecule has 4 rings (SSSR count). The van der Waals surface area contributed by atoms with Gasteiger partial charge in [-0.2, -0.15) is 0 Å². The lowest BCUT2D eigenvalue weighted by Gasteiger charge is -2.33. The molecule has 2 aromatic heterocycles. The fourth-order valence-electron chi connectivity index (χ4n) is 3.63. The molecule has 8 heteroatoms. The van der Waals surface area contributed by atoms with Gasteiger partial charge in [-0.15, -0.1) is 5.10 Å². The maximum absolute atomic E-state index is 12.8. The van der Waals surface area contributed by atoms with Crippen LogP contribution in [0.1, 0.15) is 22.9 Å². The molecule has 1 saturated heterocycles. The first kappa shape index (κ1) is 19.7. The molecule has 3 aromatic rings. The number of carbonyl (C=O) groups is 1. The molecular weight excluding hydrogens is 392 g/mol. The van der Waals surface area contributed by atoms with Crippen LogP contribution in [-0.2, 0) is 16.6 Å². The molecule has 1 unspecified atom stereocenters. The number of carbonyl (C=O) groups excluding carboxylic acids is 1. The molecule has 3 heterocycles. The van der Waals surface area contributed by atoms with Crippen LogP contribution >= 0.6 is 11.6 Å².